The van der Waals surface area contributed by atoms with Gasteiger partial charge in [0, 0.05) is 17.1 Å². The second-order valence-corrected chi connectivity index (χ2v) is 13.4. The van der Waals surface area contributed by atoms with Crippen LogP contribution in [0.25, 0.3) is 33.4 Å². The van der Waals surface area contributed by atoms with E-state index >= 15 is 0 Å². The monoisotopic (exact) mass is 650 g/mol. The van der Waals surface area contributed by atoms with Crippen LogP contribution in [-0.2, 0) is 5.41 Å². The Morgan fingerprint density at radius 2 is 0.686 bits per heavy atom. The molecule has 0 aromatic heterocycles. The number of anilines is 5. The highest BCUT2D eigenvalue weighted by Gasteiger charge is 2.50. The van der Waals surface area contributed by atoms with E-state index in [1.165, 1.54) is 67.0 Å². The third kappa shape index (κ3) is 4.57. The molecule has 240 valence electrons. The summed E-state index contributed by atoms with van der Waals surface area (Å²) >= 11 is 0. The Morgan fingerprint density at radius 1 is 0.314 bits per heavy atom. The second kappa shape index (κ2) is 11.8. The van der Waals surface area contributed by atoms with Crippen molar-refractivity contribution in [3.05, 3.63) is 222 Å². The van der Waals surface area contributed by atoms with Crippen molar-refractivity contribution in [1.82, 2.24) is 0 Å². The number of nitrogens with zero attached hydrogens (tertiary/aromatic N) is 1. The molecule has 2 aliphatic heterocycles. The summed E-state index contributed by atoms with van der Waals surface area (Å²) in [6.07, 6.45) is 0. The zero-order chi connectivity index (χ0) is 33.8. The first-order chi connectivity index (χ1) is 25.3. The lowest BCUT2D eigenvalue weighted by molar-refractivity contribution is 0.728. The van der Waals surface area contributed by atoms with Crippen molar-refractivity contribution in [2.75, 3.05) is 10.2 Å². The van der Waals surface area contributed by atoms with Crippen molar-refractivity contribution in [3.8, 4) is 33.4 Å². The first-order valence-electron chi connectivity index (χ1n) is 17.6. The van der Waals surface area contributed by atoms with Gasteiger partial charge in [0.15, 0.2) is 0 Å². The Hall–Kier alpha value is -6.64. The molecule has 0 aliphatic carbocycles. The Labute approximate surface area is 298 Å². The number of hydrogen-bond donors (Lipinski definition) is 1. The van der Waals surface area contributed by atoms with E-state index in [9.17, 15) is 0 Å². The van der Waals surface area contributed by atoms with Crippen LogP contribution in [0.15, 0.2) is 200 Å². The fraction of sp³-hybridized carbons (Fsp3) is 0.0204. The first-order valence-corrected chi connectivity index (χ1v) is 17.6. The van der Waals surface area contributed by atoms with Gasteiger partial charge in [0.25, 0.3) is 0 Å². The quantitative estimate of drug-likeness (QED) is 0.204. The van der Waals surface area contributed by atoms with Crippen molar-refractivity contribution in [2.24, 2.45) is 0 Å². The van der Waals surface area contributed by atoms with Gasteiger partial charge in [-0.15, -0.1) is 0 Å². The molecular formula is C49H34N2. The van der Waals surface area contributed by atoms with Gasteiger partial charge in [0.2, 0.25) is 0 Å². The van der Waals surface area contributed by atoms with E-state index in [1.54, 1.807) is 0 Å². The van der Waals surface area contributed by atoms with E-state index in [4.69, 9.17) is 0 Å². The average molecular weight is 651 g/mol. The topological polar surface area (TPSA) is 15.3 Å². The third-order valence-corrected chi connectivity index (χ3v) is 10.7. The van der Waals surface area contributed by atoms with Crippen molar-refractivity contribution < 1.29 is 0 Å². The number of benzene rings is 8. The minimum atomic E-state index is -0.598. The summed E-state index contributed by atoms with van der Waals surface area (Å²) in [4.78, 5) is 2.47. The molecule has 1 N–H and O–H groups in total. The van der Waals surface area contributed by atoms with Crippen molar-refractivity contribution in [3.63, 3.8) is 0 Å². The predicted octanol–water partition coefficient (Wildman–Crippen LogP) is 12.9. The maximum atomic E-state index is 3.82. The summed E-state index contributed by atoms with van der Waals surface area (Å²) in [6.45, 7) is 0. The van der Waals surface area contributed by atoms with Gasteiger partial charge >= 0.3 is 0 Å². The SMILES string of the molecule is c1ccc(-c2ccc(N3c4ccc(-c5ccccc5)cc4C4(c5ccccc5Nc5ccccc54)c4cc(-c5ccccc5)ccc43)cc2)cc1. The number of para-hydroxylation sites is 2. The molecule has 1 spiro atoms. The molecule has 2 heteroatoms. The van der Waals surface area contributed by atoms with Crippen LogP contribution in [0.4, 0.5) is 28.4 Å². The lowest BCUT2D eigenvalue weighted by Crippen LogP contribution is -2.40. The molecule has 0 unspecified atom stereocenters. The summed E-state index contributed by atoms with van der Waals surface area (Å²) in [5.41, 5.74) is 17.4. The molecule has 2 heterocycles. The van der Waals surface area contributed by atoms with Gasteiger partial charge in [-0.05, 0) is 104 Å². The van der Waals surface area contributed by atoms with Gasteiger partial charge in [-0.25, -0.2) is 0 Å². The van der Waals surface area contributed by atoms with E-state index in [1.807, 2.05) is 0 Å². The molecule has 0 radical (unpaired) electrons. The van der Waals surface area contributed by atoms with Crippen LogP contribution in [0, 0.1) is 0 Å². The van der Waals surface area contributed by atoms with Crippen LogP contribution in [0.1, 0.15) is 22.3 Å². The van der Waals surface area contributed by atoms with Gasteiger partial charge < -0.3 is 10.2 Å². The largest absolute Gasteiger partial charge is 0.355 e. The van der Waals surface area contributed by atoms with E-state index in [0.717, 1.165) is 17.1 Å². The highest BCUT2D eigenvalue weighted by molar-refractivity contribution is 5.96. The van der Waals surface area contributed by atoms with Crippen LogP contribution in [0.3, 0.4) is 0 Å². The maximum Gasteiger partial charge on any atom is 0.0782 e. The number of hydrogen-bond acceptors (Lipinski definition) is 2. The summed E-state index contributed by atoms with van der Waals surface area (Å²) in [6, 6.07) is 73.1. The van der Waals surface area contributed by atoms with Gasteiger partial charge in [0.1, 0.15) is 0 Å². The molecule has 10 rings (SSSR count). The molecule has 2 nitrogen and oxygen atoms in total. The minimum Gasteiger partial charge on any atom is -0.355 e. The molecule has 0 fully saturated rings. The number of rotatable bonds is 4. The molecule has 0 saturated heterocycles. The number of fused-ring (bicyclic) bond motifs is 8. The highest BCUT2D eigenvalue weighted by Crippen LogP contribution is 2.62. The third-order valence-electron chi connectivity index (χ3n) is 10.7. The van der Waals surface area contributed by atoms with Crippen LogP contribution in [-0.4, -0.2) is 0 Å². The molecule has 0 bridgehead atoms. The van der Waals surface area contributed by atoms with E-state index in [-0.39, 0.29) is 0 Å². The summed E-state index contributed by atoms with van der Waals surface area (Å²) in [7, 11) is 0. The maximum absolute atomic E-state index is 3.82. The van der Waals surface area contributed by atoms with Crippen molar-refractivity contribution >= 4 is 28.4 Å². The van der Waals surface area contributed by atoms with E-state index in [2.05, 4.69) is 210 Å². The number of nitrogens with one attached hydrogen (secondary N) is 1. The Kier molecular flexibility index (Phi) is 6.75. The fourth-order valence-electron chi connectivity index (χ4n) is 8.38. The average Bonchev–Trinajstić information content (AvgIpc) is 3.21. The van der Waals surface area contributed by atoms with Crippen LogP contribution >= 0.6 is 0 Å². The smallest absolute Gasteiger partial charge is 0.0782 e. The second-order valence-electron chi connectivity index (χ2n) is 13.4. The Balaban J connectivity index is 1.32. The molecule has 0 atom stereocenters. The molecule has 8 aromatic rings. The zero-order valence-corrected chi connectivity index (χ0v) is 28.0. The molecule has 8 aromatic carbocycles. The highest BCUT2D eigenvalue weighted by atomic mass is 15.2. The minimum absolute atomic E-state index is 0.598. The van der Waals surface area contributed by atoms with Crippen molar-refractivity contribution in [2.45, 2.75) is 5.41 Å². The lowest BCUT2D eigenvalue weighted by Gasteiger charge is -2.49. The summed E-state index contributed by atoms with van der Waals surface area (Å²) in [5, 5.41) is 3.82. The fourth-order valence-corrected chi connectivity index (χ4v) is 8.38. The molecular weight excluding hydrogens is 617 g/mol. The standard InChI is InChI=1S/C49H34N2/c1-4-14-34(15-5-1)37-24-28-40(29-25-37)51-47-30-26-38(35-16-6-2-7-17-35)32-43(47)49(44-33-39(27-31-48(44)51)36-18-8-3-9-19-36)41-20-10-12-22-45(41)50-46-23-13-11-21-42(46)49/h1-33,50H. The van der Waals surface area contributed by atoms with Gasteiger partial charge in [0.05, 0.1) is 16.8 Å². The van der Waals surface area contributed by atoms with E-state index in [0.29, 0.717) is 0 Å². The molecule has 0 amide bonds. The van der Waals surface area contributed by atoms with Gasteiger partial charge in [-0.1, -0.05) is 152 Å². The Bertz CT molecular complexity index is 2400. The zero-order valence-electron chi connectivity index (χ0n) is 28.0. The van der Waals surface area contributed by atoms with Crippen molar-refractivity contribution in [1.29, 1.82) is 0 Å². The van der Waals surface area contributed by atoms with Crippen LogP contribution < -0.4 is 10.2 Å². The normalized spacial score (nSPS) is 13.4. The van der Waals surface area contributed by atoms with Crippen LogP contribution in [0.2, 0.25) is 0 Å². The molecule has 51 heavy (non-hydrogen) atoms. The van der Waals surface area contributed by atoms with Gasteiger partial charge in [-0.3, -0.25) is 0 Å². The lowest BCUT2D eigenvalue weighted by atomic mass is 9.60. The first kappa shape index (κ1) is 29.3. The Morgan fingerprint density at radius 3 is 1.16 bits per heavy atom. The van der Waals surface area contributed by atoms with Crippen LogP contribution in [0.5, 0.6) is 0 Å². The molecule has 0 saturated carbocycles. The summed E-state index contributed by atoms with van der Waals surface area (Å²) < 4.78 is 0. The summed E-state index contributed by atoms with van der Waals surface area (Å²) in [5.74, 6) is 0. The predicted molar refractivity (Wildman–Crippen MR) is 213 cm³/mol. The van der Waals surface area contributed by atoms with Gasteiger partial charge in [-0.2, -0.15) is 0 Å². The molecule has 2 aliphatic rings. The van der Waals surface area contributed by atoms with E-state index < -0.39 is 5.41 Å².